The number of nitrogens with one attached hydrogen (secondary N) is 2. The van der Waals surface area contributed by atoms with Gasteiger partial charge < -0.3 is 15.2 Å². The quantitative estimate of drug-likeness (QED) is 0.269. The second-order valence-electron chi connectivity index (χ2n) is 9.18. The molecule has 2 aromatic heterocycles. The number of nitrogens with zero attached hydrogens (tertiary/aromatic N) is 5. The number of imidazole rings is 1. The predicted molar refractivity (Wildman–Crippen MR) is 152 cm³/mol. The number of anilines is 2. The zero-order valence-corrected chi connectivity index (χ0v) is 21.0. The van der Waals surface area contributed by atoms with Gasteiger partial charge in [0.2, 0.25) is 5.95 Å². The molecule has 192 valence electrons. The van der Waals surface area contributed by atoms with Gasteiger partial charge >= 0.3 is 0 Å². The van der Waals surface area contributed by atoms with Gasteiger partial charge in [0.25, 0.3) is 0 Å². The van der Waals surface area contributed by atoms with E-state index in [1.807, 2.05) is 44.4 Å². The first-order chi connectivity index (χ1) is 17.9. The maximum Gasteiger partial charge on any atom is 0.227 e. The van der Waals surface area contributed by atoms with Crippen LogP contribution in [0.2, 0.25) is 5.02 Å². The van der Waals surface area contributed by atoms with E-state index in [0.717, 1.165) is 51.5 Å². The van der Waals surface area contributed by atoms with Crippen molar-refractivity contribution in [2.45, 2.75) is 20.5 Å². The predicted octanol–water partition coefficient (Wildman–Crippen LogP) is 6.60. The zero-order valence-electron chi connectivity index (χ0n) is 20.3. The fraction of sp³-hybridized carbons (Fsp3) is 0.172. The van der Waals surface area contributed by atoms with Crippen molar-refractivity contribution in [3.05, 3.63) is 100 Å². The molecule has 0 saturated carbocycles. The van der Waals surface area contributed by atoms with E-state index in [2.05, 4.69) is 25.2 Å². The van der Waals surface area contributed by atoms with Crippen molar-refractivity contribution in [3.8, 4) is 11.3 Å². The van der Waals surface area contributed by atoms with Crippen LogP contribution in [0, 0.1) is 5.82 Å². The first-order valence-corrected chi connectivity index (χ1v) is 12.2. The van der Waals surface area contributed by atoms with E-state index in [0.29, 0.717) is 28.8 Å². The second kappa shape index (κ2) is 10.3. The molecule has 38 heavy (non-hydrogen) atoms. The van der Waals surface area contributed by atoms with Crippen LogP contribution in [0.1, 0.15) is 29.9 Å². The Balaban J connectivity index is 0.00000294. The third kappa shape index (κ3) is 4.88. The van der Waals surface area contributed by atoms with Gasteiger partial charge in [0, 0.05) is 39.2 Å². The fourth-order valence-electron chi connectivity index (χ4n) is 4.51. The second-order valence-corrected chi connectivity index (χ2v) is 9.62. The summed E-state index contributed by atoms with van der Waals surface area (Å²) in [6, 6.07) is 18.0. The van der Waals surface area contributed by atoms with E-state index in [4.69, 9.17) is 21.6 Å². The van der Waals surface area contributed by atoms with Crippen molar-refractivity contribution in [2.24, 2.45) is 4.99 Å². The number of aliphatic imine (C=N–C) groups is 1. The summed E-state index contributed by atoms with van der Waals surface area (Å²) in [5, 5.41) is 3.85. The van der Waals surface area contributed by atoms with Crippen LogP contribution in [-0.2, 0) is 13.1 Å². The smallest absolute Gasteiger partial charge is 0.227 e. The van der Waals surface area contributed by atoms with Crippen molar-refractivity contribution >= 4 is 40.0 Å². The van der Waals surface area contributed by atoms with E-state index in [1.54, 1.807) is 30.5 Å². The van der Waals surface area contributed by atoms with Gasteiger partial charge in [-0.3, -0.25) is 4.99 Å². The number of aromatic amines is 1. The Kier molecular flexibility index (Phi) is 6.93. The van der Waals surface area contributed by atoms with Gasteiger partial charge in [-0.15, -0.1) is 0 Å². The number of fused-ring (bicyclic) bond motifs is 4. The summed E-state index contributed by atoms with van der Waals surface area (Å²) in [6.07, 6.45) is 1.76. The third-order valence-corrected chi connectivity index (χ3v) is 6.38. The lowest BCUT2D eigenvalue weighted by atomic mass is 9.95. The summed E-state index contributed by atoms with van der Waals surface area (Å²) in [4.78, 5) is 24.2. The number of hydrogen-bond donors (Lipinski definition) is 2. The lowest BCUT2D eigenvalue weighted by Crippen LogP contribution is -2.11. The maximum atomic E-state index is 14.8. The Bertz CT molecular complexity index is 1680. The molecule has 0 aliphatic carbocycles. The van der Waals surface area contributed by atoms with Crippen molar-refractivity contribution < 1.29 is 4.39 Å². The van der Waals surface area contributed by atoms with Crippen molar-refractivity contribution in [2.75, 3.05) is 19.4 Å². The molecule has 7 nitrogen and oxygen atoms in total. The molecule has 6 rings (SSSR count). The monoisotopic (exact) mass is 527 g/mol. The van der Waals surface area contributed by atoms with Crippen LogP contribution in [0.3, 0.4) is 0 Å². The Hall–Kier alpha value is -4.14. The van der Waals surface area contributed by atoms with Gasteiger partial charge in [0.05, 0.1) is 35.5 Å². The van der Waals surface area contributed by atoms with Crippen LogP contribution in [0.15, 0.2) is 71.9 Å². The molecular formula is C29H27ClFN7. The number of aromatic nitrogens is 4. The fourth-order valence-corrected chi connectivity index (χ4v) is 4.68. The van der Waals surface area contributed by atoms with Crippen molar-refractivity contribution in [3.63, 3.8) is 0 Å². The Morgan fingerprint density at radius 3 is 2.66 bits per heavy atom. The first kappa shape index (κ1) is 25.5. The van der Waals surface area contributed by atoms with Gasteiger partial charge in [-0.2, -0.15) is 0 Å². The number of H-pyrrole nitrogens is 1. The molecule has 2 N–H and O–H groups in total. The van der Waals surface area contributed by atoms with Gasteiger partial charge in [-0.05, 0) is 56.6 Å². The minimum atomic E-state index is -0.338. The van der Waals surface area contributed by atoms with Gasteiger partial charge in [0.15, 0.2) is 0 Å². The lowest BCUT2D eigenvalue weighted by Gasteiger charge is -2.13. The molecule has 0 amide bonds. The minimum absolute atomic E-state index is 0. The summed E-state index contributed by atoms with van der Waals surface area (Å²) in [7, 11) is 4.01. The van der Waals surface area contributed by atoms with Gasteiger partial charge in [-0.1, -0.05) is 37.2 Å². The first-order valence-electron chi connectivity index (χ1n) is 11.8. The van der Waals surface area contributed by atoms with E-state index in [9.17, 15) is 4.39 Å². The zero-order chi connectivity index (χ0) is 25.5. The highest BCUT2D eigenvalue weighted by Gasteiger charge is 2.23. The molecule has 3 heterocycles. The summed E-state index contributed by atoms with van der Waals surface area (Å²) >= 11 is 6.36. The van der Waals surface area contributed by atoms with E-state index < -0.39 is 0 Å². The van der Waals surface area contributed by atoms with Gasteiger partial charge in [-0.25, -0.2) is 19.3 Å². The van der Waals surface area contributed by atoms with Crippen LogP contribution in [0.25, 0.3) is 22.3 Å². The highest BCUT2D eigenvalue weighted by atomic mass is 35.5. The SMILES string of the molecule is C.CN(C)Cc1nc2ccc(Nc3ncc4c(n3)-c3ccc(Cl)cc3C(c3ccccc3F)=NC4)cc2[nH]1. The summed E-state index contributed by atoms with van der Waals surface area (Å²) < 4.78 is 14.8. The maximum absolute atomic E-state index is 14.8. The van der Waals surface area contributed by atoms with Crippen molar-refractivity contribution in [1.29, 1.82) is 0 Å². The van der Waals surface area contributed by atoms with Crippen LogP contribution >= 0.6 is 11.6 Å². The molecule has 3 aromatic carbocycles. The summed E-state index contributed by atoms with van der Waals surface area (Å²) in [5.74, 6) is 1.01. The van der Waals surface area contributed by atoms with E-state index in [-0.39, 0.29) is 13.2 Å². The number of benzene rings is 3. The molecule has 0 bridgehead atoms. The molecule has 9 heteroatoms. The Morgan fingerprint density at radius 1 is 1.00 bits per heavy atom. The highest BCUT2D eigenvalue weighted by molar-refractivity contribution is 6.31. The largest absolute Gasteiger partial charge is 0.341 e. The molecule has 1 aliphatic rings. The molecule has 5 aromatic rings. The molecule has 0 atom stereocenters. The number of rotatable bonds is 5. The minimum Gasteiger partial charge on any atom is -0.341 e. The van der Waals surface area contributed by atoms with Crippen LogP contribution in [0.5, 0.6) is 0 Å². The molecule has 0 unspecified atom stereocenters. The topological polar surface area (TPSA) is 82.1 Å². The summed E-state index contributed by atoms with van der Waals surface area (Å²) in [6.45, 7) is 1.05. The van der Waals surface area contributed by atoms with Crippen LogP contribution in [0.4, 0.5) is 16.0 Å². The molecule has 0 fully saturated rings. The molecule has 0 saturated heterocycles. The molecular weight excluding hydrogens is 501 g/mol. The number of hydrogen-bond acceptors (Lipinski definition) is 6. The normalized spacial score (nSPS) is 12.4. The Morgan fingerprint density at radius 2 is 1.84 bits per heavy atom. The highest BCUT2D eigenvalue weighted by Crippen LogP contribution is 2.34. The molecule has 1 aliphatic heterocycles. The van der Waals surface area contributed by atoms with Gasteiger partial charge in [0.1, 0.15) is 11.6 Å². The standard InChI is InChI=1S/C28H23ClFN7.CH4/c1-37(2)15-25-34-23-10-8-18(12-24(23)35-25)33-28-32-14-16-13-31-27(20-5-3-4-6-22(20)30)21-11-17(29)7-9-19(21)26(16)36-28;/h3-12,14H,13,15H2,1-2H3,(H,34,35)(H,32,33,36);1H4. The van der Waals surface area contributed by atoms with Crippen molar-refractivity contribution in [1.82, 2.24) is 24.8 Å². The molecule has 0 radical (unpaired) electrons. The van der Waals surface area contributed by atoms with E-state index >= 15 is 0 Å². The van der Waals surface area contributed by atoms with Crippen LogP contribution in [-0.4, -0.2) is 44.6 Å². The average Bonchev–Trinajstić information content (AvgIpc) is 3.19. The van der Waals surface area contributed by atoms with E-state index in [1.165, 1.54) is 6.07 Å². The average molecular weight is 528 g/mol. The summed E-state index contributed by atoms with van der Waals surface area (Å²) in [5.41, 5.74) is 6.75. The van der Waals surface area contributed by atoms with Crippen LogP contribution < -0.4 is 5.32 Å². The Labute approximate surface area is 225 Å². The molecule has 0 spiro atoms. The lowest BCUT2D eigenvalue weighted by molar-refractivity contribution is 0.392. The third-order valence-electron chi connectivity index (χ3n) is 6.15. The number of halogens is 2.